The number of methoxy groups -OCH3 is 1. The zero-order valence-electron chi connectivity index (χ0n) is 23.0. The van der Waals surface area contributed by atoms with E-state index in [0.29, 0.717) is 24.6 Å². The van der Waals surface area contributed by atoms with Crippen molar-refractivity contribution in [2.24, 2.45) is 5.92 Å². The van der Waals surface area contributed by atoms with Gasteiger partial charge in [-0.3, -0.25) is 9.59 Å². The summed E-state index contributed by atoms with van der Waals surface area (Å²) in [5, 5.41) is 2.25. The highest BCUT2D eigenvalue weighted by Gasteiger charge is 2.28. The maximum absolute atomic E-state index is 13.8. The van der Waals surface area contributed by atoms with Crippen LogP contribution in [0.4, 0.5) is 0 Å². The molecule has 1 N–H and O–H groups in total. The minimum Gasteiger partial charge on any atom is -0.383 e. The number of aromatic amines is 1. The molecule has 0 radical (unpaired) electrons. The molecule has 0 aliphatic carbocycles. The van der Waals surface area contributed by atoms with E-state index in [1.165, 1.54) is 0 Å². The Balaban J connectivity index is 1.55. The second kappa shape index (κ2) is 11.9. The van der Waals surface area contributed by atoms with E-state index in [-0.39, 0.29) is 17.9 Å². The predicted octanol–water partition coefficient (Wildman–Crippen LogP) is 4.99. The van der Waals surface area contributed by atoms with Crippen LogP contribution in [-0.2, 0) is 9.53 Å². The van der Waals surface area contributed by atoms with Gasteiger partial charge < -0.3 is 24.1 Å². The standard InChI is InChI=1S/C31H37N5O3/c1-22(37)35-13-11-23(12-14-35)17-30(29-18-32-21-33-29)36-19-27(28(20-36)31(38)34(2)15-16-39-3)26-10-6-8-24-7-4-5-9-25(24)26/h4-10,18-21,23,30H,11-17H2,1-3H3,(H,32,33). The number of nitrogens with one attached hydrogen (secondary N) is 1. The number of H-pyrrole nitrogens is 1. The molecule has 1 aliphatic heterocycles. The van der Waals surface area contributed by atoms with E-state index >= 15 is 0 Å². The van der Waals surface area contributed by atoms with Crippen molar-refractivity contribution in [1.29, 1.82) is 0 Å². The van der Waals surface area contributed by atoms with Crippen LogP contribution in [0.5, 0.6) is 0 Å². The van der Waals surface area contributed by atoms with Crippen LogP contribution in [0, 0.1) is 5.92 Å². The molecule has 1 aliphatic rings. The lowest BCUT2D eigenvalue weighted by atomic mass is 9.89. The number of hydrogen-bond donors (Lipinski definition) is 1. The number of amides is 2. The van der Waals surface area contributed by atoms with E-state index < -0.39 is 0 Å². The first-order valence-corrected chi connectivity index (χ1v) is 13.6. The van der Waals surface area contributed by atoms with Gasteiger partial charge in [-0.05, 0) is 41.5 Å². The third kappa shape index (κ3) is 5.76. The number of likely N-dealkylation sites (N-methyl/N-ethyl adjacent to an activating group) is 1. The maximum Gasteiger partial charge on any atom is 0.255 e. The Hall–Kier alpha value is -3.91. The molecule has 5 rings (SSSR count). The number of aromatic nitrogens is 3. The largest absolute Gasteiger partial charge is 0.383 e. The molecule has 1 fully saturated rings. The first-order valence-electron chi connectivity index (χ1n) is 13.6. The first-order chi connectivity index (χ1) is 19.0. The summed E-state index contributed by atoms with van der Waals surface area (Å²) in [6.07, 6.45) is 10.5. The topological polar surface area (TPSA) is 83.5 Å². The van der Waals surface area contributed by atoms with Gasteiger partial charge in [-0.15, -0.1) is 0 Å². The zero-order valence-corrected chi connectivity index (χ0v) is 23.0. The monoisotopic (exact) mass is 527 g/mol. The minimum atomic E-state index is -0.0353. The molecule has 8 nitrogen and oxygen atoms in total. The second-order valence-electron chi connectivity index (χ2n) is 10.5. The van der Waals surface area contributed by atoms with Crippen LogP contribution in [-0.4, -0.2) is 76.5 Å². The van der Waals surface area contributed by atoms with Crippen LogP contribution in [0.25, 0.3) is 21.9 Å². The molecule has 3 heterocycles. The van der Waals surface area contributed by atoms with Crippen molar-refractivity contribution in [1.82, 2.24) is 24.3 Å². The van der Waals surface area contributed by atoms with Crippen molar-refractivity contribution in [3.8, 4) is 11.1 Å². The summed E-state index contributed by atoms with van der Waals surface area (Å²) >= 11 is 0. The summed E-state index contributed by atoms with van der Waals surface area (Å²) in [4.78, 5) is 36.9. The van der Waals surface area contributed by atoms with Crippen LogP contribution in [0.3, 0.4) is 0 Å². The maximum atomic E-state index is 13.8. The number of benzene rings is 2. The first kappa shape index (κ1) is 26.7. The lowest BCUT2D eigenvalue weighted by molar-refractivity contribution is -0.130. The van der Waals surface area contributed by atoms with Crippen molar-refractivity contribution in [3.63, 3.8) is 0 Å². The molecule has 2 aromatic carbocycles. The zero-order chi connectivity index (χ0) is 27.4. The van der Waals surface area contributed by atoms with E-state index in [9.17, 15) is 9.59 Å². The molecule has 204 valence electrons. The van der Waals surface area contributed by atoms with Crippen LogP contribution >= 0.6 is 0 Å². The number of carbonyl (C=O) groups excluding carboxylic acids is 2. The van der Waals surface area contributed by atoms with Crippen molar-refractivity contribution in [3.05, 3.63) is 78.6 Å². The average Bonchev–Trinajstić information content (AvgIpc) is 3.65. The molecule has 0 spiro atoms. The molecule has 39 heavy (non-hydrogen) atoms. The number of rotatable bonds is 9. The Kier molecular flexibility index (Phi) is 8.12. The van der Waals surface area contributed by atoms with Gasteiger partial charge in [0, 0.05) is 58.7 Å². The number of fused-ring (bicyclic) bond motifs is 1. The summed E-state index contributed by atoms with van der Waals surface area (Å²) in [7, 11) is 3.47. The minimum absolute atomic E-state index is 0.0130. The van der Waals surface area contributed by atoms with E-state index in [4.69, 9.17) is 4.74 Å². The normalized spacial score (nSPS) is 15.0. The van der Waals surface area contributed by atoms with Gasteiger partial charge in [0.15, 0.2) is 0 Å². The smallest absolute Gasteiger partial charge is 0.255 e. The Morgan fingerprint density at radius 2 is 1.87 bits per heavy atom. The number of piperidine rings is 1. The molecule has 1 atom stereocenters. The van der Waals surface area contributed by atoms with Crippen LogP contribution in [0.1, 0.15) is 48.3 Å². The molecular weight excluding hydrogens is 490 g/mol. The van der Waals surface area contributed by atoms with Crippen LogP contribution in [0.15, 0.2) is 67.4 Å². The van der Waals surface area contributed by atoms with Gasteiger partial charge >= 0.3 is 0 Å². The molecule has 4 aromatic rings. The third-order valence-corrected chi connectivity index (χ3v) is 7.99. The summed E-state index contributed by atoms with van der Waals surface area (Å²) < 4.78 is 7.42. The Morgan fingerprint density at radius 1 is 1.10 bits per heavy atom. The molecule has 1 unspecified atom stereocenters. The average molecular weight is 528 g/mol. The highest BCUT2D eigenvalue weighted by Crippen LogP contribution is 2.36. The van der Waals surface area contributed by atoms with Gasteiger partial charge in [0.25, 0.3) is 5.91 Å². The van der Waals surface area contributed by atoms with Crippen LogP contribution < -0.4 is 0 Å². The number of carbonyl (C=O) groups is 2. The number of hydrogen-bond acceptors (Lipinski definition) is 4. The second-order valence-corrected chi connectivity index (χ2v) is 10.5. The summed E-state index contributed by atoms with van der Waals surface area (Å²) in [6.45, 7) is 4.20. The molecule has 0 saturated carbocycles. The fraction of sp³-hybridized carbons (Fsp3) is 0.387. The Bertz CT molecular complexity index is 1410. The molecule has 0 bridgehead atoms. The van der Waals surface area contributed by atoms with Gasteiger partial charge in [-0.1, -0.05) is 42.5 Å². The summed E-state index contributed by atoms with van der Waals surface area (Å²) in [6, 6.07) is 14.5. The van der Waals surface area contributed by atoms with Gasteiger partial charge in [0.1, 0.15) is 0 Å². The number of nitrogens with zero attached hydrogens (tertiary/aromatic N) is 4. The van der Waals surface area contributed by atoms with E-state index in [1.54, 1.807) is 25.3 Å². The highest BCUT2D eigenvalue weighted by molar-refractivity contribution is 6.06. The number of imidazole rings is 1. The fourth-order valence-corrected chi connectivity index (χ4v) is 5.69. The van der Waals surface area contributed by atoms with E-state index in [1.807, 2.05) is 42.5 Å². The van der Waals surface area contributed by atoms with Crippen LogP contribution in [0.2, 0.25) is 0 Å². The highest BCUT2D eigenvalue weighted by atomic mass is 16.5. The Morgan fingerprint density at radius 3 is 2.59 bits per heavy atom. The SMILES string of the molecule is COCCN(C)C(=O)c1cn(C(CC2CCN(C(C)=O)CC2)c2cnc[nH]2)cc1-c1cccc2ccccc12. The molecule has 2 aromatic heterocycles. The lowest BCUT2D eigenvalue weighted by Gasteiger charge is -2.33. The van der Waals surface area contributed by atoms with Gasteiger partial charge in [0.2, 0.25) is 5.91 Å². The molecule has 8 heteroatoms. The Labute approximate surface area is 229 Å². The van der Waals surface area contributed by atoms with E-state index in [0.717, 1.165) is 59.9 Å². The van der Waals surface area contributed by atoms with Crippen molar-refractivity contribution >= 4 is 22.6 Å². The van der Waals surface area contributed by atoms with Gasteiger partial charge in [-0.2, -0.15) is 0 Å². The van der Waals surface area contributed by atoms with Crippen molar-refractivity contribution in [2.45, 2.75) is 32.2 Å². The molecule has 1 saturated heterocycles. The molecular formula is C31H37N5O3. The summed E-state index contributed by atoms with van der Waals surface area (Å²) in [5.74, 6) is 0.567. The van der Waals surface area contributed by atoms with E-state index in [2.05, 4.69) is 45.0 Å². The van der Waals surface area contributed by atoms with Crippen molar-refractivity contribution in [2.75, 3.05) is 40.4 Å². The lowest BCUT2D eigenvalue weighted by Crippen LogP contribution is -2.37. The van der Waals surface area contributed by atoms with Gasteiger partial charge in [0.05, 0.1) is 36.4 Å². The third-order valence-electron chi connectivity index (χ3n) is 7.99. The van der Waals surface area contributed by atoms with Crippen molar-refractivity contribution < 1.29 is 14.3 Å². The fourth-order valence-electron chi connectivity index (χ4n) is 5.69. The number of likely N-dealkylation sites (tertiary alicyclic amines) is 1. The summed E-state index contributed by atoms with van der Waals surface area (Å²) in [5.41, 5.74) is 3.63. The molecule has 2 amide bonds. The predicted molar refractivity (Wildman–Crippen MR) is 153 cm³/mol. The quantitative estimate of drug-likeness (QED) is 0.333. The number of ether oxygens (including phenoxy) is 1. The van der Waals surface area contributed by atoms with Gasteiger partial charge in [-0.25, -0.2) is 4.98 Å².